The Balaban J connectivity index is 1.30. The van der Waals surface area contributed by atoms with E-state index < -0.39 is 31.1 Å². The van der Waals surface area contributed by atoms with E-state index in [0.29, 0.717) is 6.42 Å². The summed E-state index contributed by atoms with van der Waals surface area (Å²) in [6.45, 7) is 4.07. The standard InChI is InChI=1S/C37H40NO6P/c1-26(2)21-29(36(39)43-23-28-15-7-4-8-16-28)25-45(41,42)35(22-27-13-5-3-6-14-27)38-37(40)44-24-34-32-19-11-9-17-30(32)31-18-10-12-20-33(31)34/h3-20,26,29,34-35H,21-25H2,1-2H3,(H,38,40)(H,41,42). The largest absolute Gasteiger partial charge is 0.461 e. The van der Waals surface area contributed by atoms with Crippen molar-refractivity contribution < 1.29 is 28.5 Å². The first-order valence-corrected chi connectivity index (χ1v) is 17.3. The van der Waals surface area contributed by atoms with Gasteiger partial charge in [-0.1, -0.05) is 123 Å². The molecule has 0 saturated carbocycles. The van der Waals surface area contributed by atoms with E-state index in [9.17, 15) is 19.0 Å². The molecule has 3 unspecified atom stereocenters. The predicted octanol–water partition coefficient (Wildman–Crippen LogP) is 7.77. The van der Waals surface area contributed by atoms with E-state index in [4.69, 9.17) is 9.47 Å². The summed E-state index contributed by atoms with van der Waals surface area (Å²) >= 11 is 0. The second-order valence-electron chi connectivity index (χ2n) is 12.0. The van der Waals surface area contributed by atoms with Crippen molar-refractivity contribution in [3.8, 4) is 11.1 Å². The van der Waals surface area contributed by atoms with Gasteiger partial charge >= 0.3 is 12.1 Å². The molecule has 1 aliphatic carbocycles. The van der Waals surface area contributed by atoms with Crippen LogP contribution in [0.5, 0.6) is 0 Å². The molecule has 5 rings (SSSR count). The van der Waals surface area contributed by atoms with Crippen molar-refractivity contribution in [3.05, 3.63) is 131 Å². The fourth-order valence-corrected chi connectivity index (χ4v) is 8.00. The number of ether oxygens (including phenoxy) is 2. The summed E-state index contributed by atoms with van der Waals surface area (Å²) in [6, 6.07) is 34.6. The van der Waals surface area contributed by atoms with Crippen molar-refractivity contribution in [2.45, 2.75) is 45.0 Å². The molecule has 0 aliphatic heterocycles. The van der Waals surface area contributed by atoms with Crippen molar-refractivity contribution in [2.24, 2.45) is 11.8 Å². The van der Waals surface area contributed by atoms with Gasteiger partial charge in [-0.25, -0.2) is 4.79 Å². The topological polar surface area (TPSA) is 102 Å². The second-order valence-corrected chi connectivity index (χ2v) is 14.5. The van der Waals surface area contributed by atoms with Crippen LogP contribution in [0.1, 0.15) is 48.4 Å². The van der Waals surface area contributed by atoms with Crippen molar-refractivity contribution in [1.82, 2.24) is 5.32 Å². The molecule has 3 atom stereocenters. The number of alkyl carbamates (subject to hydrolysis) is 1. The molecule has 4 aromatic carbocycles. The van der Waals surface area contributed by atoms with Crippen molar-refractivity contribution in [1.29, 1.82) is 0 Å². The molecule has 0 radical (unpaired) electrons. The lowest BCUT2D eigenvalue weighted by Crippen LogP contribution is -2.39. The molecule has 8 heteroatoms. The number of amides is 1. The molecule has 45 heavy (non-hydrogen) atoms. The monoisotopic (exact) mass is 625 g/mol. The molecule has 0 spiro atoms. The van der Waals surface area contributed by atoms with E-state index in [1.165, 1.54) is 0 Å². The minimum atomic E-state index is -4.15. The van der Waals surface area contributed by atoms with Gasteiger partial charge in [-0.05, 0) is 45.7 Å². The van der Waals surface area contributed by atoms with E-state index in [0.717, 1.165) is 33.4 Å². The van der Waals surface area contributed by atoms with Gasteiger partial charge in [0.25, 0.3) is 0 Å². The minimum Gasteiger partial charge on any atom is -0.461 e. The van der Waals surface area contributed by atoms with Gasteiger partial charge in [-0.15, -0.1) is 0 Å². The van der Waals surface area contributed by atoms with Crippen LogP contribution >= 0.6 is 7.37 Å². The molecule has 1 aliphatic rings. The fourth-order valence-electron chi connectivity index (χ4n) is 6.01. The number of fused-ring (bicyclic) bond motifs is 3. The molecular weight excluding hydrogens is 585 g/mol. The molecule has 0 heterocycles. The summed E-state index contributed by atoms with van der Waals surface area (Å²) < 4.78 is 25.4. The van der Waals surface area contributed by atoms with Crippen LogP contribution in [0, 0.1) is 11.8 Å². The SMILES string of the molecule is CC(C)CC(CP(=O)(O)C(Cc1ccccc1)NC(=O)OCC1c2ccccc2-c2ccccc21)C(=O)OCc1ccccc1. The first-order valence-electron chi connectivity index (χ1n) is 15.4. The summed E-state index contributed by atoms with van der Waals surface area (Å²) in [7, 11) is -4.15. The Kier molecular flexibility index (Phi) is 10.5. The average molecular weight is 626 g/mol. The number of rotatable bonds is 13. The molecule has 0 bridgehead atoms. The van der Waals surface area contributed by atoms with Crippen molar-refractivity contribution in [2.75, 3.05) is 12.8 Å². The van der Waals surface area contributed by atoms with Crippen LogP contribution in [0.25, 0.3) is 11.1 Å². The highest BCUT2D eigenvalue weighted by Crippen LogP contribution is 2.49. The fraction of sp³-hybridized carbons (Fsp3) is 0.297. The third-order valence-corrected chi connectivity index (χ3v) is 10.4. The highest BCUT2D eigenvalue weighted by atomic mass is 31.2. The molecule has 0 fully saturated rings. The highest BCUT2D eigenvalue weighted by molar-refractivity contribution is 7.58. The average Bonchev–Trinajstić information content (AvgIpc) is 3.36. The zero-order valence-corrected chi connectivity index (χ0v) is 26.6. The number of nitrogens with one attached hydrogen (secondary N) is 1. The summed E-state index contributed by atoms with van der Waals surface area (Å²) in [5, 5.41) is 2.71. The van der Waals surface area contributed by atoms with Gasteiger partial charge in [-0.3, -0.25) is 9.36 Å². The van der Waals surface area contributed by atoms with Crippen molar-refractivity contribution in [3.63, 3.8) is 0 Å². The van der Waals surface area contributed by atoms with Crippen molar-refractivity contribution >= 4 is 19.4 Å². The maximum atomic E-state index is 14.1. The van der Waals surface area contributed by atoms with Gasteiger partial charge in [-0.2, -0.15) is 0 Å². The van der Waals surface area contributed by atoms with Crippen LogP contribution in [-0.4, -0.2) is 35.5 Å². The maximum Gasteiger partial charge on any atom is 0.407 e. The van der Waals surface area contributed by atoms with Crippen LogP contribution in [0.4, 0.5) is 4.79 Å². The Hall–Kier alpha value is -4.19. The maximum absolute atomic E-state index is 14.1. The minimum absolute atomic E-state index is 0.0788. The van der Waals surface area contributed by atoms with E-state index in [1.807, 2.05) is 111 Å². The van der Waals surface area contributed by atoms with Gasteiger partial charge in [0, 0.05) is 18.5 Å². The Labute approximate surface area is 265 Å². The van der Waals surface area contributed by atoms with E-state index in [-0.39, 0.29) is 37.6 Å². The Bertz CT molecular complexity index is 1600. The first kappa shape index (κ1) is 32.2. The van der Waals surface area contributed by atoms with Gasteiger partial charge < -0.3 is 19.7 Å². The summed E-state index contributed by atoms with van der Waals surface area (Å²) in [5.74, 6) is -2.56. The number of esters is 1. The molecule has 4 aromatic rings. The predicted molar refractivity (Wildman–Crippen MR) is 176 cm³/mol. The molecule has 7 nitrogen and oxygen atoms in total. The zero-order chi connectivity index (χ0) is 31.8. The molecule has 2 N–H and O–H groups in total. The third kappa shape index (κ3) is 8.30. The van der Waals surface area contributed by atoms with Crippen LogP contribution in [0.15, 0.2) is 109 Å². The van der Waals surface area contributed by atoms with Gasteiger partial charge in [0.15, 0.2) is 0 Å². The molecule has 0 aromatic heterocycles. The van der Waals surface area contributed by atoms with E-state index in [1.54, 1.807) is 0 Å². The van der Waals surface area contributed by atoms with Crippen LogP contribution in [0.3, 0.4) is 0 Å². The number of carbonyl (C=O) groups excluding carboxylic acids is 2. The summed E-state index contributed by atoms with van der Waals surface area (Å²) in [6.07, 6.45) is -0.618. The Morgan fingerprint density at radius 3 is 1.89 bits per heavy atom. The Morgan fingerprint density at radius 1 is 0.778 bits per heavy atom. The van der Waals surface area contributed by atoms with Crippen LogP contribution < -0.4 is 5.32 Å². The highest BCUT2D eigenvalue weighted by Gasteiger charge is 2.39. The lowest BCUT2D eigenvalue weighted by atomic mass is 9.98. The zero-order valence-electron chi connectivity index (χ0n) is 25.7. The lowest BCUT2D eigenvalue weighted by molar-refractivity contribution is -0.149. The van der Waals surface area contributed by atoms with Gasteiger partial charge in [0.05, 0.1) is 5.92 Å². The van der Waals surface area contributed by atoms with E-state index >= 15 is 0 Å². The second kappa shape index (κ2) is 14.7. The lowest BCUT2D eigenvalue weighted by Gasteiger charge is -2.28. The quantitative estimate of drug-likeness (QED) is 0.116. The molecular formula is C37H40NO6P. The summed E-state index contributed by atoms with van der Waals surface area (Å²) in [5.41, 5.74) is 5.98. The normalized spacial score (nSPS) is 14.9. The van der Waals surface area contributed by atoms with Gasteiger partial charge in [0.2, 0.25) is 7.37 Å². The van der Waals surface area contributed by atoms with Crippen LogP contribution in [-0.2, 0) is 31.9 Å². The van der Waals surface area contributed by atoms with Gasteiger partial charge in [0.1, 0.15) is 19.0 Å². The molecule has 234 valence electrons. The summed E-state index contributed by atoms with van der Waals surface area (Å²) in [4.78, 5) is 38.0. The molecule has 1 amide bonds. The number of hydrogen-bond acceptors (Lipinski definition) is 5. The number of carbonyl (C=O) groups is 2. The van der Waals surface area contributed by atoms with E-state index in [2.05, 4.69) is 17.4 Å². The number of hydrogen-bond donors (Lipinski definition) is 2. The third-order valence-electron chi connectivity index (χ3n) is 8.18. The first-order chi connectivity index (χ1) is 21.7. The number of benzene rings is 4. The Morgan fingerprint density at radius 2 is 1.31 bits per heavy atom. The van der Waals surface area contributed by atoms with Crippen LogP contribution in [0.2, 0.25) is 0 Å². The molecule has 0 saturated heterocycles. The smallest absolute Gasteiger partial charge is 0.407 e.